The maximum absolute atomic E-state index is 12.0. The lowest BCUT2D eigenvalue weighted by atomic mass is 9.88. The molecule has 0 saturated heterocycles. The van der Waals surface area contributed by atoms with E-state index in [0.717, 1.165) is 0 Å². The molecule has 1 aromatic rings. The highest BCUT2D eigenvalue weighted by Gasteiger charge is 2.39. The average Bonchev–Trinajstić information content (AvgIpc) is 2.81. The van der Waals surface area contributed by atoms with Gasteiger partial charge in [0.15, 0.2) is 0 Å². The minimum Gasteiger partial charge on any atom is -0.464 e. The number of esters is 1. The van der Waals surface area contributed by atoms with Gasteiger partial charge in [-0.15, -0.1) is 0 Å². The van der Waals surface area contributed by atoms with Crippen LogP contribution in [0, 0.1) is 5.92 Å². The van der Waals surface area contributed by atoms with Gasteiger partial charge in [-0.3, -0.25) is 9.48 Å². The predicted molar refractivity (Wildman–Crippen MR) is 70.2 cm³/mol. The lowest BCUT2D eigenvalue weighted by Crippen LogP contribution is -2.57. The van der Waals surface area contributed by atoms with Crippen molar-refractivity contribution in [2.45, 2.75) is 39.8 Å². The van der Waals surface area contributed by atoms with Gasteiger partial charge in [-0.1, -0.05) is 13.8 Å². The largest absolute Gasteiger partial charge is 0.464 e. The number of carbonyl (C=O) groups is 2. The SMILES string of the molecule is CCOC(=O)[C@](C)(NC(=O)Cn1cccn1)C(C)C. The Morgan fingerprint density at radius 2 is 2.16 bits per heavy atom. The number of carbonyl (C=O) groups excluding carboxylic acids is 2. The van der Waals surface area contributed by atoms with Crippen LogP contribution < -0.4 is 5.32 Å². The molecule has 1 atom stereocenters. The Morgan fingerprint density at radius 3 is 2.63 bits per heavy atom. The molecule has 0 fully saturated rings. The zero-order valence-corrected chi connectivity index (χ0v) is 11.8. The van der Waals surface area contributed by atoms with Gasteiger partial charge in [0.1, 0.15) is 12.1 Å². The number of aromatic nitrogens is 2. The van der Waals surface area contributed by atoms with Crippen molar-refractivity contribution in [3.05, 3.63) is 18.5 Å². The van der Waals surface area contributed by atoms with E-state index in [1.807, 2.05) is 13.8 Å². The van der Waals surface area contributed by atoms with Crippen molar-refractivity contribution in [2.24, 2.45) is 5.92 Å². The van der Waals surface area contributed by atoms with E-state index in [0.29, 0.717) is 0 Å². The first-order valence-corrected chi connectivity index (χ1v) is 6.35. The van der Waals surface area contributed by atoms with Crippen molar-refractivity contribution in [3.63, 3.8) is 0 Å². The smallest absolute Gasteiger partial charge is 0.331 e. The Balaban J connectivity index is 2.72. The number of nitrogens with zero attached hydrogens (tertiary/aromatic N) is 2. The Morgan fingerprint density at radius 1 is 1.47 bits per heavy atom. The van der Waals surface area contributed by atoms with E-state index in [-0.39, 0.29) is 25.0 Å². The fourth-order valence-corrected chi connectivity index (χ4v) is 1.58. The van der Waals surface area contributed by atoms with Crippen molar-refractivity contribution in [2.75, 3.05) is 6.61 Å². The second-order valence-corrected chi connectivity index (χ2v) is 4.83. The van der Waals surface area contributed by atoms with E-state index in [2.05, 4.69) is 10.4 Å². The predicted octanol–water partition coefficient (Wildman–Crippen LogP) is 0.977. The number of hydrogen-bond acceptors (Lipinski definition) is 4. The summed E-state index contributed by atoms with van der Waals surface area (Å²) >= 11 is 0. The molecule has 0 aliphatic heterocycles. The van der Waals surface area contributed by atoms with Gasteiger partial charge in [0.05, 0.1) is 6.61 Å². The molecular formula is C13H21N3O3. The second-order valence-electron chi connectivity index (χ2n) is 4.83. The van der Waals surface area contributed by atoms with Crippen molar-refractivity contribution < 1.29 is 14.3 Å². The zero-order valence-electron chi connectivity index (χ0n) is 11.8. The molecule has 1 rings (SSSR count). The van der Waals surface area contributed by atoms with Crippen molar-refractivity contribution in [1.82, 2.24) is 15.1 Å². The molecule has 0 aliphatic rings. The van der Waals surface area contributed by atoms with Crippen molar-refractivity contribution in [1.29, 1.82) is 0 Å². The minimum absolute atomic E-state index is 0.0758. The second kappa shape index (κ2) is 6.36. The highest BCUT2D eigenvalue weighted by Crippen LogP contribution is 2.18. The molecule has 1 aromatic heterocycles. The summed E-state index contributed by atoms with van der Waals surface area (Å²) in [6, 6.07) is 1.74. The Hall–Kier alpha value is -1.85. The molecule has 6 nitrogen and oxygen atoms in total. The molecule has 6 heteroatoms. The van der Waals surface area contributed by atoms with Crippen LogP contribution in [-0.2, 0) is 20.9 Å². The van der Waals surface area contributed by atoms with Crippen LogP contribution in [-0.4, -0.2) is 33.8 Å². The molecule has 1 N–H and O–H groups in total. The number of hydrogen-bond donors (Lipinski definition) is 1. The Kier molecular flexibility index (Phi) is 5.09. The van der Waals surface area contributed by atoms with E-state index < -0.39 is 11.5 Å². The van der Waals surface area contributed by atoms with Gasteiger partial charge in [-0.2, -0.15) is 5.10 Å². The van der Waals surface area contributed by atoms with Crippen LogP contribution in [0.25, 0.3) is 0 Å². The van der Waals surface area contributed by atoms with Crippen LogP contribution in [0.2, 0.25) is 0 Å². The fourth-order valence-electron chi connectivity index (χ4n) is 1.58. The lowest BCUT2D eigenvalue weighted by molar-refractivity contribution is -0.154. The summed E-state index contributed by atoms with van der Waals surface area (Å²) in [7, 11) is 0. The van der Waals surface area contributed by atoms with Gasteiger partial charge in [0.25, 0.3) is 0 Å². The summed E-state index contributed by atoms with van der Waals surface area (Å²) in [5.74, 6) is -0.764. The van der Waals surface area contributed by atoms with E-state index in [9.17, 15) is 9.59 Å². The number of ether oxygens (including phenoxy) is 1. The summed E-state index contributed by atoms with van der Waals surface area (Å²) in [6.07, 6.45) is 3.29. The normalized spacial score (nSPS) is 13.9. The van der Waals surface area contributed by atoms with Gasteiger partial charge in [-0.05, 0) is 25.8 Å². The van der Waals surface area contributed by atoms with Crippen LogP contribution >= 0.6 is 0 Å². The van der Waals surface area contributed by atoms with Gasteiger partial charge in [0.2, 0.25) is 5.91 Å². The molecular weight excluding hydrogens is 246 g/mol. The molecule has 0 radical (unpaired) electrons. The molecule has 0 saturated carbocycles. The quantitative estimate of drug-likeness (QED) is 0.780. The first-order valence-electron chi connectivity index (χ1n) is 6.35. The number of rotatable bonds is 6. The van der Waals surface area contributed by atoms with Crippen LogP contribution in [0.5, 0.6) is 0 Å². The molecule has 0 unspecified atom stereocenters. The zero-order chi connectivity index (χ0) is 14.5. The van der Waals surface area contributed by atoms with Gasteiger partial charge < -0.3 is 10.1 Å². The highest BCUT2D eigenvalue weighted by atomic mass is 16.5. The summed E-state index contributed by atoms with van der Waals surface area (Å²) in [5.41, 5.74) is -1.03. The first kappa shape index (κ1) is 15.2. The van der Waals surface area contributed by atoms with Gasteiger partial charge in [-0.25, -0.2) is 4.79 Å². The topological polar surface area (TPSA) is 73.2 Å². The molecule has 0 spiro atoms. The maximum Gasteiger partial charge on any atom is 0.331 e. The van der Waals surface area contributed by atoms with Crippen LogP contribution in [0.1, 0.15) is 27.7 Å². The highest BCUT2D eigenvalue weighted by molar-refractivity contribution is 5.87. The summed E-state index contributed by atoms with van der Waals surface area (Å²) in [5, 5.41) is 6.69. The fraction of sp³-hybridized carbons (Fsp3) is 0.615. The first-order chi connectivity index (χ1) is 8.90. The summed E-state index contributed by atoms with van der Waals surface area (Å²) in [6.45, 7) is 7.52. The van der Waals surface area contributed by atoms with E-state index >= 15 is 0 Å². The number of amides is 1. The molecule has 0 aliphatic carbocycles. The van der Waals surface area contributed by atoms with E-state index in [4.69, 9.17) is 4.74 Å². The summed E-state index contributed by atoms with van der Waals surface area (Å²) < 4.78 is 6.53. The van der Waals surface area contributed by atoms with E-state index in [1.54, 1.807) is 32.3 Å². The molecule has 19 heavy (non-hydrogen) atoms. The van der Waals surface area contributed by atoms with Gasteiger partial charge >= 0.3 is 5.97 Å². The third-order valence-electron chi connectivity index (χ3n) is 3.12. The monoisotopic (exact) mass is 267 g/mol. The minimum atomic E-state index is -1.03. The maximum atomic E-state index is 12.0. The molecule has 106 valence electrons. The molecule has 0 aromatic carbocycles. The molecule has 1 amide bonds. The lowest BCUT2D eigenvalue weighted by Gasteiger charge is -2.32. The van der Waals surface area contributed by atoms with Crippen LogP contribution in [0.15, 0.2) is 18.5 Å². The molecule has 1 heterocycles. The Labute approximate surface area is 113 Å². The van der Waals surface area contributed by atoms with E-state index in [1.165, 1.54) is 4.68 Å². The van der Waals surface area contributed by atoms with Gasteiger partial charge in [0, 0.05) is 12.4 Å². The van der Waals surface area contributed by atoms with Crippen LogP contribution in [0.3, 0.4) is 0 Å². The standard InChI is InChI=1S/C13H21N3O3/c1-5-19-12(18)13(4,10(2)3)15-11(17)9-16-8-6-7-14-16/h6-8,10H,5,9H2,1-4H3,(H,15,17)/t13-/m1/s1. The third kappa shape index (κ3) is 3.81. The number of nitrogens with one attached hydrogen (secondary N) is 1. The average molecular weight is 267 g/mol. The Bertz CT molecular complexity index is 428. The van der Waals surface area contributed by atoms with Crippen LogP contribution in [0.4, 0.5) is 0 Å². The molecule has 0 bridgehead atoms. The third-order valence-corrected chi connectivity index (χ3v) is 3.12. The summed E-state index contributed by atoms with van der Waals surface area (Å²) in [4.78, 5) is 23.9. The van der Waals surface area contributed by atoms with Crippen molar-refractivity contribution in [3.8, 4) is 0 Å². The van der Waals surface area contributed by atoms with Crippen molar-refractivity contribution >= 4 is 11.9 Å².